The molecule has 0 aromatic rings. The summed E-state index contributed by atoms with van der Waals surface area (Å²) in [4.78, 5) is 0. The van der Waals surface area contributed by atoms with Gasteiger partial charge in [-0.1, -0.05) is 121 Å². The molecule has 0 unspecified atom stereocenters. The number of hydrogen-bond donors (Lipinski definition) is 0. The first-order valence-electron chi connectivity index (χ1n) is 10.5. The van der Waals surface area contributed by atoms with E-state index in [9.17, 15) is 0 Å². The van der Waals surface area contributed by atoms with Gasteiger partial charge in [-0.05, 0) is 0 Å². The van der Waals surface area contributed by atoms with E-state index in [1.165, 1.54) is 36.3 Å². The Morgan fingerprint density at radius 2 is 0.609 bits per heavy atom. The van der Waals surface area contributed by atoms with E-state index in [-0.39, 0.29) is 0 Å². The van der Waals surface area contributed by atoms with E-state index in [0.29, 0.717) is 0 Å². The van der Waals surface area contributed by atoms with E-state index < -0.39 is 32.3 Å². The molecule has 0 fully saturated rings. The molecule has 140 valence electrons. The van der Waals surface area contributed by atoms with Crippen LogP contribution in [0.1, 0.15) is 41.5 Å². The summed E-state index contributed by atoms with van der Waals surface area (Å²) in [5.41, 5.74) is 5.11. The Balaban J connectivity index is 5.12. The van der Waals surface area contributed by atoms with Gasteiger partial charge in [0.05, 0.1) is 16.1 Å². The summed E-state index contributed by atoms with van der Waals surface area (Å²) in [6.07, 6.45) is 0. The van der Waals surface area contributed by atoms with Gasteiger partial charge in [0, 0.05) is 16.1 Å². The molecular weight excluding hydrogens is 341 g/mol. The molecule has 0 bridgehead atoms. The monoisotopic (exact) mass is 388 g/mol. The fourth-order valence-corrected chi connectivity index (χ4v) is 44.6. The second kappa shape index (κ2) is 9.53. The lowest BCUT2D eigenvalue weighted by atomic mass is 10.9. The minimum absolute atomic E-state index is 0.941. The molecule has 0 atom stereocenters. The Morgan fingerprint density at radius 3 is 0.783 bits per heavy atom. The first-order valence-corrected chi connectivity index (χ1v) is 23.0. The predicted molar refractivity (Wildman–Crippen MR) is 124 cm³/mol. The van der Waals surface area contributed by atoms with Gasteiger partial charge in [-0.3, -0.25) is 0 Å². The summed E-state index contributed by atoms with van der Waals surface area (Å²) in [6, 6.07) is 9.14. The van der Waals surface area contributed by atoms with Crippen molar-refractivity contribution in [3.63, 3.8) is 0 Å². The largest absolute Gasteiger partial charge is 0.0698 e. The Morgan fingerprint density at radius 1 is 0.391 bits per heavy atom. The van der Waals surface area contributed by atoms with E-state index in [1.807, 2.05) is 0 Å². The molecule has 0 amide bonds. The van der Waals surface area contributed by atoms with Gasteiger partial charge in [-0.2, -0.15) is 0 Å². The molecule has 23 heavy (non-hydrogen) atoms. The summed E-state index contributed by atoms with van der Waals surface area (Å²) in [5, 5.41) is 0. The molecule has 0 aromatic heterocycles. The van der Waals surface area contributed by atoms with E-state index in [0.717, 1.165) is 0 Å². The molecule has 4 heteroatoms. The lowest BCUT2D eigenvalue weighted by molar-refractivity contribution is 1.14. The fourth-order valence-electron chi connectivity index (χ4n) is 5.70. The average molecular weight is 389 g/mol. The summed E-state index contributed by atoms with van der Waals surface area (Å²) >= 11 is 0. The molecule has 0 saturated heterocycles. The maximum Gasteiger partial charge on any atom is 0.0501 e. The first-order chi connectivity index (χ1) is 10.5. The molecule has 0 aliphatic carbocycles. The summed E-state index contributed by atoms with van der Waals surface area (Å²) in [5.74, 6) is 0. The SMILES string of the molecule is CC[Si](CC)(CC)C[Si](C)(C)C[Si](C)(C)C[Si](CC)(CC)CC. The van der Waals surface area contributed by atoms with Gasteiger partial charge in [-0.15, -0.1) is 0 Å². The van der Waals surface area contributed by atoms with Crippen molar-refractivity contribution in [2.75, 3.05) is 0 Å². The van der Waals surface area contributed by atoms with Gasteiger partial charge >= 0.3 is 0 Å². The van der Waals surface area contributed by atoms with Crippen molar-refractivity contribution in [2.24, 2.45) is 0 Å². The van der Waals surface area contributed by atoms with Crippen LogP contribution >= 0.6 is 0 Å². The minimum atomic E-state index is -1.03. The zero-order valence-corrected chi connectivity index (χ0v) is 22.4. The van der Waals surface area contributed by atoms with Gasteiger partial charge < -0.3 is 0 Å². The van der Waals surface area contributed by atoms with Crippen LogP contribution in [0.5, 0.6) is 0 Å². The molecule has 0 radical (unpaired) electrons. The molecule has 0 saturated carbocycles. The Labute approximate surface area is 153 Å². The Hall–Kier alpha value is 0.868. The molecule has 0 spiro atoms. The van der Waals surface area contributed by atoms with Crippen molar-refractivity contribution in [1.82, 2.24) is 0 Å². The summed E-state index contributed by atoms with van der Waals surface area (Å²) in [7, 11) is -3.94. The maximum absolute atomic E-state index is 2.75. The van der Waals surface area contributed by atoms with Crippen molar-refractivity contribution < 1.29 is 0 Å². The van der Waals surface area contributed by atoms with Gasteiger partial charge in [0.2, 0.25) is 0 Å². The van der Waals surface area contributed by atoms with E-state index >= 15 is 0 Å². The van der Waals surface area contributed by atoms with E-state index in [4.69, 9.17) is 0 Å². The first kappa shape index (κ1) is 23.9. The van der Waals surface area contributed by atoms with E-state index in [1.54, 1.807) is 17.0 Å². The van der Waals surface area contributed by atoms with Crippen LogP contribution in [0.3, 0.4) is 0 Å². The van der Waals surface area contributed by atoms with Crippen LogP contribution in [0, 0.1) is 0 Å². The van der Waals surface area contributed by atoms with Crippen molar-refractivity contribution in [3.8, 4) is 0 Å². The summed E-state index contributed by atoms with van der Waals surface area (Å²) < 4.78 is 0. The van der Waals surface area contributed by atoms with Crippen molar-refractivity contribution in [2.45, 2.75) is 121 Å². The molecule has 0 aliphatic rings. The smallest absolute Gasteiger partial charge is 0.0501 e. The van der Waals surface area contributed by atoms with Crippen molar-refractivity contribution in [3.05, 3.63) is 0 Å². The van der Waals surface area contributed by atoms with Crippen LogP contribution in [0.25, 0.3) is 0 Å². The second-order valence-corrected chi connectivity index (χ2v) is 33.1. The highest BCUT2D eigenvalue weighted by Crippen LogP contribution is 2.38. The minimum Gasteiger partial charge on any atom is -0.0698 e. The van der Waals surface area contributed by atoms with Crippen LogP contribution in [-0.4, -0.2) is 32.3 Å². The van der Waals surface area contributed by atoms with Crippen LogP contribution in [0.2, 0.25) is 79.5 Å². The highest BCUT2D eigenvalue weighted by atomic mass is 28.4. The Kier molecular flexibility index (Phi) is 9.89. The molecule has 0 aliphatic heterocycles. The van der Waals surface area contributed by atoms with Crippen molar-refractivity contribution in [1.29, 1.82) is 0 Å². The highest BCUT2D eigenvalue weighted by Gasteiger charge is 2.42. The third kappa shape index (κ3) is 7.33. The van der Waals surface area contributed by atoms with Gasteiger partial charge in [0.15, 0.2) is 0 Å². The van der Waals surface area contributed by atoms with Gasteiger partial charge in [-0.25, -0.2) is 0 Å². The van der Waals surface area contributed by atoms with Crippen LogP contribution in [0.15, 0.2) is 0 Å². The van der Waals surface area contributed by atoms with Gasteiger partial charge in [0.25, 0.3) is 0 Å². The fraction of sp³-hybridized carbons (Fsp3) is 1.00. The normalized spacial score (nSPS) is 14.3. The lowest BCUT2D eigenvalue weighted by Crippen LogP contribution is -2.50. The zero-order chi connectivity index (χ0) is 18.4. The van der Waals surface area contributed by atoms with Gasteiger partial charge in [0.1, 0.15) is 0 Å². The Bertz CT molecular complexity index is 280. The standard InChI is InChI=1S/C19H48Si4/c1-11-22(12-2,13-3)18-20(7,8)17-21(9,10)19-23(14-4,15-5)16-6/h11-19H2,1-10H3. The molecule has 0 aromatic carbocycles. The third-order valence-corrected chi connectivity index (χ3v) is 37.5. The molecule has 0 rings (SSSR count). The number of hydrogen-bond acceptors (Lipinski definition) is 0. The molecular formula is C19H48Si4. The van der Waals surface area contributed by atoms with E-state index in [2.05, 4.69) is 67.7 Å². The maximum atomic E-state index is 2.75. The zero-order valence-electron chi connectivity index (χ0n) is 18.4. The highest BCUT2D eigenvalue weighted by molar-refractivity contribution is 7.06. The molecule has 0 nitrogen and oxygen atoms in total. The predicted octanol–water partition coefficient (Wildman–Crippen LogP) is 8.04. The van der Waals surface area contributed by atoms with Crippen LogP contribution < -0.4 is 0 Å². The van der Waals surface area contributed by atoms with Crippen LogP contribution in [0.4, 0.5) is 0 Å². The lowest BCUT2D eigenvalue weighted by Gasteiger charge is -2.42. The average Bonchev–Trinajstić information content (AvgIpc) is 2.49. The second-order valence-electron chi connectivity index (χ2n) is 9.98. The molecule has 0 heterocycles. The number of rotatable bonds is 12. The topological polar surface area (TPSA) is 0 Å². The summed E-state index contributed by atoms with van der Waals surface area (Å²) in [6.45, 7) is 26.0. The third-order valence-electron chi connectivity index (χ3n) is 7.16. The molecule has 0 N–H and O–H groups in total. The van der Waals surface area contributed by atoms with Crippen LogP contribution in [-0.2, 0) is 0 Å². The quantitative estimate of drug-likeness (QED) is 0.297. The van der Waals surface area contributed by atoms with Crippen molar-refractivity contribution >= 4 is 32.3 Å².